The zero-order valence-electron chi connectivity index (χ0n) is 15.1. The maximum absolute atomic E-state index is 12.3. The number of carbonyl (C=O) groups is 1. The summed E-state index contributed by atoms with van der Waals surface area (Å²) >= 11 is 0. The molecule has 0 bridgehead atoms. The molecule has 1 aromatic heterocycles. The number of carbonyl (C=O) groups excluding carboxylic acids is 1. The van der Waals surface area contributed by atoms with Crippen molar-refractivity contribution in [3.63, 3.8) is 0 Å². The smallest absolute Gasteiger partial charge is 0.223 e. The van der Waals surface area contributed by atoms with Gasteiger partial charge in [0.2, 0.25) is 11.8 Å². The number of amides is 1. The number of ether oxygens (including phenoxy) is 1. The van der Waals surface area contributed by atoms with Crippen molar-refractivity contribution in [1.29, 1.82) is 0 Å². The van der Waals surface area contributed by atoms with Crippen molar-refractivity contribution in [2.45, 2.75) is 58.1 Å². The fraction of sp³-hybridized carbons (Fsp3) is 0.833. The van der Waals surface area contributed by atoms with Crippen LogP contribution in [-0.4, -0.2) is 64.7 Å². The number of aromatic nitrogens is 2. The van der Waals surface area contributed by atoms with Crippen molar-refractivity contribution in [2.75, 3.05) is 32.8 Å². The van der Waals surface area contributed by atoms with Crippen molar-refractivity contribution in [1.82, 2.24) is 19.9 Å². The number of rotatable bonds is 4. The molecule has 1 aromatic rings. The van der Waals surface area contributed by atoms with Crippen LogP contribution in [0.4, 0.5) is 0 Å². The largest absolute Gasteiger partial charge is 0.376 e. The molecular weight excluding hydrogens is 320 g/mol. The molecule has 7 heteroatoms. The zero-order valence-corrected chi connectivity index (χ0v) is 15.1. The lowest BCUT2D eigenvalue weighted by atomic mass is 9.72. The minimum atomic E-state index is 0.251. The Balaban J connectivity index is 1.32. The van der Waals surface area contributed by atoms with Crippen molar-refractivity contribution >= 4 is 5.91 Å². The molecule has 1 amide bonds. The minimum Gasteiger partial charge on any atom is -0.376 e. The maximum atomic E-state index is 12.3. The molecule has 4 heterocycles. The molecule has 3 saturated heterocycles. The summed E-state index contributed by atoms with van der Waals surface area (Å²) in [6, 6.07) is 0. The highest BCUT2D eigenvalue weighted by atomic mass is 16.5. The molecule has 1 spiro atoms. The monoisotopic (exact) mass is 348 g/mol. The molecule has 3 aliphatic heterocycles. The van der Waals surface area contributed by atoms with Crippen molar-refractivity contribution in [2.24, 2.45) is 5.41 Å². The van der Waals surface area contributed by atoms with Crippen LogP contribution >= 0.6 is 0 Å². The van der Waals surface area contributed by atoms with Gasteiger partial charge in [0.1, 0.15) is 0 Å². The summed E-state index contributed by atoms with van der Waals surface area (Å²) in [5.41, 5.74) is 0.288. The number of hydrogen-bond acceptors (Lipinski definition) is 6. The van der Waals surface area contributed by atoms with Gasteiger partial charge >= 0.3 is 0 Å². The molecule has 3 fully saturated rings. The van der Waals surface area contributed by atoms with Crippen LogP contribution in [-0.2, 0) is 16.1 Å². The van der Waals surface area contributed by atoms with E-state index in [-0.39, 0.29) is 11.5 Å². The third kappa shape index (κ3) is 3.87. The van der Waals surface area contributed by atoms with Gasteiger partial charge < -0.3 is 14.2 Å². The second-order valence-electron chi connectivity index (χ2n) is 7.92. The first kappa shape index (κ1) is 17.0. The van der Waals surface area contributed by atoms with E-state index in [9.17, 15) is 4.79 Å². The number of aryl methyl sites for hydroxylation is 1. The van der Waals surface area contributed by atoms with E-state index >= 15 is 0 Å². The Morgan fingerprint density at radius 3 is 2.80 bits per heavy atom. The van der Waals surface area contributed by atoms with E-state index in [0.717, 1.165) is 77.3 Å². The molecule has 138 valence electrons. The highest BCUT2D eigenvalue weighted by Crippen LogP contribution is 2.40. The van der Waals surface area contributed by atoms with Gasteiger partial charge in [-0.15, -0.1) is 0 Å². The van der Waals surface area contributed by atoms with Gasteiger partial charge in [0, 0.05) is 33.0 Å². The van der Waals surface area contributed by atoms with E-state index in [0.29, 0.717) is 18.2 Å². The summed E-state index contributed by atoms with van der Waals surface area (Å²) in [7, 11) is 0. The normalized spacial score (nSPS) is 27.3. The quantitative estimate of drug-likeness (QED) is 0.826. The third-order valence-corrected chi connectivity index (χ3v) is 6.05. The average Bonchev–Trinajstić information content (AvgIpc) is 3.25. The van der Waals surface area contributed by atoms with Crippen LogP contribution < -0.4 is 0 Å². The molecular formula is C18H28N4O3. The van der Waals surface area contributed by atoms with Gasteiger partial charge in [-0.25, -0.2) is 0 Å². The molecule has 0 saturated carbocycles. The van der Waals surface area contributed by atoms with Crippen LogP contribution in [0.1, 0.15) is 50.2 Å². The van der Waals surface area contributed by atoms with Gasteiger partial charge in [0.15, 0.2) is 5.82 Å². The Kier molecular flexibility index (Phi) is 4.78. The summed E-state index contributed by atoms with van der Waals surface area (Å²) in [5, 5.41) is 4.00. The molecule has 25 heavy (non-hydrogen) atoms. The van der Waals surface area contributed by atoms with Crippen molar-refractivity contribution < 1.29 is 14.1 Å². The van der Waals surface area contributed by atoms with Gasteiger partial charge in [0.25, 0.3) is 0 Å². The number of piperidine rings is 2. The number of likely N-dealkylation sites (tertiary alicyclic amines) is 2. The number of nitrogens with zero attached hydrogens (tertiary/aromatic N) is 4. The topological polar surface area (TPSA) is 71.7 Å². The maximum Gasteiger partial charge on any atom is 0.223 e. The van der Waals surface area contributed by atoms with Gasteiger partial charge in [0.05, 0.1) is 12.6 Å². The summed E-state index contributed by atoms with van der Waals surface area (Å²) in [4.78, 5) is 21.1. The molecule has 7 nitrogen and oxygen atoms in total. The first-order valence-corrected chi connectivity index (χ1v) is 9.53. The molecule has 0 aromatic carbocycles. The van der Waals surface area contributed by atoms with Gasteiger partial charge in [-0.3, -0.25) is 9.69 Å². The molecule has 3 aliphatic rings. The van der Waals surface area contributed by atoms with E-state index in [2.05, 4.69) is 19.9 Å². The second-order valence-corrected chi connectivity index (χ2v) is 7.92. The Hall–Kier alpha value is -1.47. The predicted molar refractivity (Wildman–Crippen MR) is 90.8 cm³/mol. The van der Waals surface area contributed by atoms with Crippen LogP contribution in [0, 0.1) is 12.3 Å². The Morgan fingerprint density at radius 2 is 2.12 bits per heavy atom. The molecule has 0 N–H and O–H groups in total. The highest BCUT2D eigenvalue weighted by Gasteiger charge is 2.41. The first-order chi connectivity index (χ1) is 12.1. The summed E-state index contributed by atoms with van der Waals surface area (Å²) in [6.07, 6.45) is 6.47. The van der Waals surface area contributed by atoms with Gasteiger partial charge in [-0.05, 0) is 50.6 Å². The number of hydrogen-bond donors (Lipinski definition) is 0. The first-order valence-electron chi connectivity index (χ1n) is 9.53. The van der Waals surface area contributed by atoms with Crippen molar-refractivity contribution in [3.05, 3.63) is 11.7 Å². The lowest BCUT2D eigenvalue weighted by Gasteiger charge is -2.47. The van der Waals surface area contributed by atoms with Crippen LogP contribution in [0.25, 0.3) is 0 Å². The van der Waals surface area contributed by atoms with E-state index in [4.69, 9.17) is 9.26 Å². The Morgan fingerprint density at radius 1 is 1.28 bits per heavy atom. The van der Waals surface area contributed by atoms with Crippen LogP contribution in [0.3, 0.4) is 0 Å². The lowest BCUT2D eigenvalue weighted by molar-refractivity contribution is -0.141. The fourth-order valence-corrected chi connectivity index (χ4v) is 4.50. The molecule has 0 radical (unpaired) electrons. The highest BCUT2D eigenvalue weighted by molar-refractivity contribution is 5.77. The molecule has 4 rings (SSSR count). The second kappa shape index (κ2) is 7.03. The van der Waals surface area contributed by atoms with E-state index < -0.39 is 0 Å². The Labute approximate surface area is 148 Å². The van der Waals surface area contributed by atoms with E-state index in [1.54, 1.807) is 0 Å². The average molecular weight is 348 g/mol. The van der Waals surface area contributed by atoms with Crippen LogP contribution in [0.2, 0.25) is 0 Å². The van der Waals surface area contributed by atoms with E-state index in [1.807, 2.05) is 6.92 Å². The molecule has 1 atom stereocenters. The van der Waals surface area contributed by atoms with Gasteiger partial charge in [-0.2, -0.15) is 4.98 Å². The summed E-state index contributed by atoms with van der Waals surface area (Å²) in [5.74, 6) is 1.71. The third-order valence-electron chi connectivity index (χ3n) is 6.05. The summed E-state index contributed by atoms with van der Waals surface area (Å²) in [6.45, 7) is 7.19. The Bertz CT molecular complexity index is 603. The van der Waals surface area contributed by atoms with Gasteiger partial charge in [-0.1, -0.05) is 5.16 Å². The zero-order chi connectivity index (χ0) is 17.3. The predicted octanol–water partition coefficient (Wildman–Crippen LogP) is 1.76. The van der Waals surface area contributed by atoms with Crippen LogP contribution in [0.15, 0.2) is 4.52 Å². The SMILES string of the molecule is Cc1nc(CN2CCC3(CCC(=O)N(C[C@H]4CCCO4)C3)CC2)no1. The van der Waals surface area contributed by atoms with E-state index in [1.165, 1.54) is 0 Å². The molecule has 0 unspecified atom stereocenters. The van der Waals surface area contributed by atoms with Crippen LogP contribution in [0.5, 0.6) is 0 Å². The fourth-order valence-electron chi connectivity index (χ4n) is 4.50. The van der Waals surface area contributed by atoms with Crippen molar-refractivity contribution in [3.8, 4) is 0 Å². The lowest BCUT2D eigenvalue weighted by Crippen LogP contribution is -2.52. The molecule has 0 aliphatic carbocycles. The summed E-state index contributed by atoms with van der Waals surface area (Å²) < 4.78 is 10.8. The minimum absolute atomic E-state index is 0.251. The standard InChI is InChI=1S/C18H28N4O3/c1-14-19-16(20-25-14)12-21-8-6-18(7-9-21)5-4-17(23)22(13-18)11-15-3-2-10-24-15/h15H,2-13H2,1H3/t15-/m1/s1.